The first kappa shape index (κ1) is 55.1. The molecule has 5 heteroatoms. The largest absolute Gasteiger partial charge is 4.00 e. The Morgan fingerprint density at radius 3 is 1.11 bits per heavy atom. The second-order valence-corrected chi connectivity index (χ2v) is 0.238. The molecule has 0 aromatic carbocycles. The van der Waals surface area contributed by atoms with Crippen LogP contribution in [0.4, 0.5) is 0 Å². The van der Waals surface area contributed by atoms with Gasteiger partial charge in [-0.1, -0.05) is 0 Å². The van der Waals surface area contributed by atoms with Crippen molar-refractivity contribution in [2.75, 3.05) is 0 Å². The maximum Gasteiger partial charge on any atom is 4.00 e. The monoisotopic (exact) mass is 263 g/mol. The summed E-state index contributed by atoms with van der Waals surface area (Å²) in [6.45, 7) is 0. The maximum absolute atomic E-state index is 8.36. The molecule has 0 bridgehead atoms. The van der Waals surface area contributed by atoms with Crippen LogP contribution in [-0.4, -0.2) is 10.3 Å². The molecule has 0 saturated carbocycles. The van der Waals surface area contributed by atoms with Crippen LogP contribution in [0.15, 0.2) is 0 Å². The Balaban J connectivity index is -0.00000000450. The second kappa shape index (κ2) is 38.5. The first-order valence-electron chi connectivity index (χ1n) is 0.565. The maximum atomic E-state index is 8.36. The summed E-state index contributed by atoms with van der Waals surface area (Å²) in [4.78, 5) is 8.36. The molecule has 0 rings (SSSR count). The van der Waals surface area contributed by atoms with E-state index < -0.39 is 5.09 Å². The average Bonchev–Trinajstić information content (AvgIpc) is 0.811. The Morgan fingerprint density at radius 2 is 1.11 bits per heavy atom. The quantitative estimate of drug-likeness (QED) is 0.409. The molecule has 0 amide bonds. The normalized spacial score (nSPS) is 2.67. The molecule has 0 aliphatic heterocycles. The molecule has 0 atom stereocenters. The van der Waals surface area contributed by atoms with E-state index in [0.717, 1.165) is 0 Å². The summed E-state index contributed by atoms with van der Waals surface area (Å²) in [6.07, 6.45) is 0. The SMILES string of the molecule is O=[N+]([O-])O.[CH3-].[CH3-].[CH3-].[CH3-].[Ce+4]. The van der Waals surface area contributed by atoms with Crippen molar-refractivity contribution in [1.82, 2.24) is 0 Å². The molecule has 1 N–H and O–H groups in total. The fourth-order valence-corrected chi connectivity index (χ4v) is 0. The van der Waals surface area contributed by atoms with Crippen LogP contribution in [0.5, 0.6) is 0 Å². The van der Waals surface area contributed by atoms with Gasteiger partial charge >= 0.3 is 41.7 Å². The summed E-state index contributed by atoms with van der Waals surface area (Å²) >= 11 is 0. The third-order valence-electron chi connectivity index (χ3n) is 0. The molecule has 0 aromatic heterocycles. The predicted octanol–water partition coefficient (Wildman–Crippen LogP) is 1.45. The van der Waals surface area contributed by atoms with Crippen molar-refractivity contribution in [2.45, 2.75) is 0 Å². The Morgan fingerprint density at radius 1 is 1.11 bits per heavy atom. The summed E-state index contributed by atoms with van der Waals surface area (Å²) in [5.41, 5.74) is 0. The molecule has 4 nitrogen and oxygen atoms in total. The van der Waals surface area contributed by atoms with Crippen molar-refractivity contribution in [3.63, 3.8) is 0 Å². The number of hydrogen-bond acceptors (Lipinski definition) is 2. The van der Waals surface area contributed by atoms with Gasteiger partial charge in [-0.2, -0.15) is 0 Å². The zero-order valence-corrected chi connectivity index (χ0v) is 9.35. The first-order chi connectivity index (χ1) is 1.73. The minimum absolute atomic E-state index is 0. The molecular formula is C4H13CeNO3. The van der Waals surface area contributed by atoms with E-state index in [1.807, 2.05) is 0 Å². The van der Waals surface area contributed by atoms with Gasteiger partial charge in [0, 0.05) is 0 Å². The van der Waals surface area contributed by atoms with Crippen molar-refractivity contribution in [1.29, 1.82) is 0 Å². The van der Waals surface area contributed by atoms with Crippen LogP contribution in [0.25, 0.3) is 0 Å². The number of hydrogen-bond donors (Lipinski definition) is 1. The molecule has 0 heterocycles. The van der Waals surface area contributed by atoms with Crippen molar-refractivity contribution < 1.29 is 52.0 Å². The first-order valence-corrected chi connectivity index (χ1v) is 0.565. The van der Waals surface area contributed by atoms with Crippen LogP contribution in [0.2, 0.25) is 0 Å². The molecule has 0 radical (unpaired) electrons. The summed E-state index contributed by atoms with van der Waals surface area (Å²) in [7, 11) is 0. The molecule has 0 aromatic rings. The van der Waals surface area contributed by atoms with Crippen molar-refractivity contribution in [2.24, 2.45) is 0 Å². The summed E-state index contributed by atoms with van der Waals surface area (Å²) < 4.78 is 0. The van der Waals surface area contributed by atoms with Crippen LogP contribution < -0.4 is 0 Å². The molecule has 0 aliphatic carbocycles. The molecule has 0 spiro atoms. The standard InChI is InChI=1S/4CH3.Ce.HNO3/c;;;;;2-1(3)4/h4*1H3;;(H,2,3,4)/q4*-1;+4;. The Labute approximate surface area is 91.1 Å². The van der Waals surface area contributed by atoms with Gasteiger partial charge in [0.2, 0.25) is 0 Å². The van der Waals surface area contributed by atoms with E-state index in [9.17, 15) is 0 Å². The van der Waals surface area contributed by atoms with Gasteiger partial charge in [0.05, 0.1) is 0 Å². The van der Waals surface area contributed by atoms with Crippen LogP contribution in [-0.2, 0) is 0 Å². The predicted molar refractivity (Wildman–Crippen MR) is 34.4 cm³/mol. The Kier molecular flexibility index (Phi) is 235. The van der Waals surface area contributed by atoms with Crippen molar-refractivity contribution in [3.05, 3.63) is 39.8 Å². The van der Waals surface area contributed by atoms with Crippen LogP contribution >= 0.6 is 0 Å². The fourth-order valence-electron chi connectivity index (χ4n) is 0. The zero-order chi connectivity index (χ0) is 3.58. The molecule has 56 valence electrons. The van der Waals surface area contributed by atoms with Gasteiger partial charge in [0.1, 0.15) is 0 Å². The van der Waals surface area contributed by atoms with Crippen LogP contribution in [0.3, 0.4) is 0 Å². The smallest absolute Gasteiger partial charge is 0.358 e. The van der Waals surface area contributed by atoms with E-state index in [2.05, 4.69) is 0 Å². The van der Waals surface area contributed by atoms with Crippen molar-refractivity contribution in [3.8, 4) is 0 Å². The van der Waals surface area contributed by atoms with E-state index >= 15 is 0 Å². The van der Waals surface area contributed by atoms with Crippen LogP contribution in [0, 0.1) is 81.6 Å². The van der Waals surface area contributed by atoms with E-state index in [0.29, 0.717) is 0 Å². The number of nitrogens with zero attached hydrogens (tertiary/aromatic N) is 1. The zero-order valence-electron chi connectivity index (χ0n) is 6.21. The molecule has 0 fully saturated rings. The third-order valence-corrected chi connectivity index (χ3v) is 0. The fraction of sp³-hybridized carbons (Fsp3) is 0. The van der Waals surface area contributed by atoms with Gasteiger partial charge in [-0.3, -0.25) is 0 Å². The van der Waals surface area contributed by atoms with Gasteiger partial charge in [-0.25, -0.2) is 0 Å². The van der Waals surface area contributed by atoms with Gasteiger partial charge in [0.15, 0.2) is 0 Å². The molecular weight excluding hydrogens is 250 g/mol. The van der Waals surface area contributed by atoms with E-state index in [1.165, 1.54) is 0 Å². The Bertz CT molecular complexity index is 38.8. The van der Waals surface area contributed by atoms with E-state index in [1.54, 1.807) is 0 Å². The molecule has 0 saturated heterocycles. The molecule has 0 unspecified atom stereocenters. The van der Waals surface area contributed by atoms with Gasteiger partial charge < -0.3 is 34.9 Å². The minimum atomic E-state index is -1.50. The molecule has 9 heavy (non-hydrogen) atoms. The second-order valence-electron chi connectivity index (χ2n) is 0.238. The van der Waals surface area contributed by atoms with Crippen LogP contribution in [0.1, 0.15) is 0 Å². The number of rotatable bonds is 0. The minimum Gasteiger partial charge on any atom is -0.358 e. The summed E-state index contributed by atoms with van der Waals surface area (Å²) in [6, 6.07) is 0. The van der Waals surface area contributed by atoms with Gasteiger partial charge in [-0.05, 0) is 0 Å². The van der Waals surface area contributed by atoms with E-state index in [4.69, 9.17) is 15.3 Å². The van der Waals surface area contributed by atoms with Gasteiger partial charge in [-0.15, -0.1) is 10.1 Å². The van der Waals surface area contributed by atoms with Crippen molar-refractivity contribution >= 4 is 0 Å². The average molecular weight is 263 g/mol. The summed E-state index contributed by atoms with van der Waals surface area (Å²) in [5.74, 6) is 0. The Hall–Kier alpha value is 0.577. The topological polar surface area (TPSA) is 63.4 Å². The third kappa shape index (κ3) is 1120. The van der Waals surface area contributed by atoms with E-state index in [-0.39, 0.29) is 71.5 Å². The van der Waals surface area contributed by atoms with Gasteiger partial charge in [0.25, 0.3) is 5.09 Å². The summed E-state index contributed by atoms with van der Waals surface area (Å²) in [5, 5.41) is 13.6. The molecule has 0 aliphatic rings.